The van der Waals surface area contributed by atoms with E-state index >= 15 is 0 Å². The molecule has 84 valence electrons. The van der Waals surface area contributed by atoms with Gasteiger partial charge in [-0.05, 0) is 31.0 Å². The molecule has 0 amide bonds. The third-order valence-corrected chi connectivity index (χ3v) is 2.13. The molecule has 1 nitrogen and oxygen atoms in total. The number of hydrogen-bond acceptors (Lipinski definition) is 1. The fourth-order valence-electron chi connectivity index (χ4n) is 1.31. The molecule has 0 heterocycles. The first-order valence-corrected chi connectivity index (χ1v) is 4.72. The van der Waals surface area contributed by atoms with Gasteiger partial charge in [-0.15, -0.1) is 0 Å². The van der Waals surface area contributed by atoms with Gasteiger partial charge < -0.3 is 5.11 Å². The van der Waals surface area contributed by atoms with Crippen molar-refractivity contribution in [2.45, 2.75) is 25.6 Å². The molecule has 0 saturated heterocycles. The van der Waals surface area contributed by atoms with E-state index < -0.39 is 17.8 Å². The SMILES string of the molecule is CC(O)Cc1ccc(Cl)cc1C(F)(F)F. The first kappa shape index (κ1) is 12.3. The van der Waals surface area contributed by atoms with Gasteiger partial charge in [0, 0.05) is 5.02 Å². The lowest BCUT2D eigenvalue weighted by molar-refractivity contribution is -0.138. The van der Waals surface area contributed by atoms with E-state index in [4.69, 9.17) is 16.7 Å². The predicted molar refractivity (Wildman–Crippen MR) is 51.8 cm³/mol. The zero-order valence-corrected chi connectivity index (χ0v) is 8.73. The number of benzene rings is 1. The predicted octanol–water partition coefficient (Wildman–Crippen LogP) is 3.28. The van der Waals surface area contributed by atoms with Gasteiger partial charge in [0.2, 0.25) is 0 Å². The number of alkyl halides is 3. The zero-order chi connectivity index (χ0) is 11.6. The van der Waals surface area contributed by atoms with E-state index in [1.54, 1.807) is 0 Å². The van der Waals surface area contributed by atoms with Gasteiger partial charge in [-0.3, -0.25) is 0 Å². The molecule has 0 radical (unpaired) electrons. The molecule has 1 N–H and O–H groups in total. The maximum absolute atomic E-state index is 12.5. The minimum Gasteiger partial charge on any atom is -0.393 e. The monoisotopic (exact) mass is 238 g/mol. The largest absolute Gasteiger partial charge is 0.416 e. The second kappa shape index (κ2) is 4.41. The zero-order valence-electron chi connectivity index (χ0n) is 7.98. The molecule has 1 unspecified atom stereocenters. The Hall–Kier alpha value is -0.740. The lowest BCUT2D eigenvalue weighted by Crippen LogP contribution is -2.13. The number of hydrogen-bond donors (Lipinski definition) is 1. The average Bonchev–Trinajstić information content (AvgIpc) is 2.05. The molecular weight excluding hydrogens is 229 g/mol. The van der Waals surface area contributed by atoms with Gasteiger partial charge in [0.05, 0.1) is 11.7 Å². The van der Waals surface area contributed by atoms with Gasteiger partial charge in [0.15, 0.2) is 0 Å². The molecule has 1 aromatic carbocycles. The van der Waals surface area contributed by atoms with E-state index in [1.165, 1.54) is 19.1 Å². The Labute approximate surface area is 90.5 Å². The molecule has 0 aliphatic rings. The van der Waals surface area contributed by atoms with Crippen LogP contribution in [0.4, 0.5) is 13.2 Å². The van der Waals surface area contributed by atoms with Crippen LogP contribution < -0.4 is 0 Å². The van der Waals surface area contributed by atoms with Crippen LogP contribution in [0.15, 0.2) is 18.2 Å². The van der Waals surface area contributed by atoms with Crippen LogP contribution in [0.3, 0.4) is 0 Å². The second-order valence-electron chi connectivity index (χ2n) is 3.35. The van der Waals surface area contributed by atoms with Crippen LogP contribution in [0, 0.1) is 0 Å². The third-order valence-electron chi connectivity index (χ3n) is 1.89. The van der Waals surface area contributed by atoms with Crippen LogP contribution in [-0.4, -0.2) is 11.2 Å². The second-order valence-corrected chi connectivity index (χ2v) is 3.79. The summed E-state index contributed by atoms with van der Waals surface area (Å²) in [4.78, 5) is 0. The minimum atomic E-state index is -4.44. The summed E-state index contributed by atoms with van der Waals surface area (Å²) in [7, 11) is 0. The number of rotatable bonds is 2. The van der Waals surface area contributed by atoms with Crippen LogP contribution in [-0.2, 0) is 12.6 Å². The Bertz CT molecular complexity index is 347. The molecule has 0 bridgehead atoms. The summed E-state index contributed by atoms with van der Waals surface area (Å²) in [5, 5.41) is 9.10. The lowest BCUT2D eigenvalue weighted by atomic mass is 10.0. The van der Waals surface area contributed by atoms with E-state index in [2.05, 4.69) is 0 Å². The van der Waals surface area contributed by atoms with Crippen molar-refractivity contribution in [2.75, 3.05) is 0 Å². The van der Waals surface area contributed by atoms with Crippen molar-refractivity contribution in [1.82, 2.24) is 0 Å². The molecule has 5 heteroatoms. The quantitative estimate of drug-likeness (QED) is 0.838. The summed E-state index contributed by atoms with van der Waals surface area (Å²) in [6.45, 7) is 1.44. The van der Waals surface area contributed by atoms with E-state index in [0.29, 0.717) is 0 Å². The Kier molecular flexibility index (Phi) is 3.62. The molecule has 0 spiro atoms. The molecule has 1 atom stereocenters. The fraction of sp³-hybridized carbons (Fsp3) is 0.400. The molecule has 0 fully saturated rings. The molecule has 1 aromatic rings. The lowest BCUT2D eigenvalue weighted by Gasteiger charge is -2.14. The van der Waals surface area contributed by atoms with Gasteiger partial charge in [0.25, 0.3) is 0 Å². The number of halogens is 4. The summed E-state index contributed by atoms with van der Waals surface area (Å²) < 4.78 is 37.6. The van der Waals surface area contributed by atoms with E-state index in [0.717, 1.165) is 6.07 Å². The van der Waals surface area contributed by atoms with Crippen molar-refractivity contribution in [3.63, 3.8) is 0 Å². The van der Waals surface area contributed by atoms with E-state index in [1.807, 2.05) is 0 Å². The Morgan fingerprint density at radius 2 is 2.00 bits per heavy atom. The third kappa shape index (κ3) is 3.39. The summed E-state index contributed by atoms with van der Waals surface area (Å²) >= 11 is 5.50. The molecule has 0 aliphatic heterocycles. The number of aliphatic hydroxyl groups is 1. The van der Waals surface area contributed by atoms with Gasteiger partial charge in [-0.25, -0.2) is 0 Å². The average molecular weight is 239 g/mol. The van der Waals surface area contributed by atoms with Gasteiger partial charge in [0.1, 0.15) is 0 Å². The van der Waals surface area contributed by atoms with E-state index in [9.17, 15) is 13.2 Å². The maximum atomic E-state index is 12.5. The highest BCUT2D eigenvalue weighted by Gasteiger charge is 2.33. The first-order valence-electron chi connectivity index (χ1n) is 4.34. The van der Waals surface area contributed by atoms with Crippen LogP contribution in [0.5, 0.6) is 0 Å². The van der Waals surface area contributed by atoms with Gasteiger partial charge in [-0.2, -0.15) is 13.2 Å². The highest BCUT2D eigenvalue weighted by molar-refractivity contribution is 6.30. The Balaban J connectivity index is 3.15. The number of aliphatic hydroxyl groups excluding tert-OH is 1. The van der Waals surface area contributed by atoms with Crippen LogP contribution in [0.2, 0.25) is 5.02 Å². The highest BCUT2D eigenvalue weighted by atomic mass is 35.5. The first-order chi connectivity index (χ1) is 6.80. The summed E-state index contributed by atoms with van der Waals surface area (Å²) in [6, 6.07) is 3.55. The molecule has 0 aromatic heterocycles. The van der Waals surface area contributed by atoms with Crippen molar-refractivity contribution in [2.24, 2.45) is 0 Å². The molecule has 0 saturated carbocycles. The van der Waals surface area contributed by atoms with Crippen LogP contribution in [0.25, 0.3) is 0 Å². The highest BCUT2D eigenvalue weighted by Crippen LogP contribution is 2.34. The van der Waals surface area contributed by atoms with E-state index in [-0.39, 0.29) is 17.0 Å². The van der Waals surface area contributed by atoms with Crippen molar-refractivity contribution in [3.8, 4) is 0 Å². The molecular formula is C10H10ClF3O. The van der Waals surface area contributed by atoms with Gasteiger partial charge in [-0.1, -0.05) is 17.7 Å². The summed E-state index contributed by atoms with van der Waals surface area (Å²) in [5.41, 5.74) is -0.724. The Morgan fingerprint density at radius 1 is 1.40 bits per heavy atom. The molecule has 1 rings (SSSR count). The molecule has 15 heavy (non-hydrogen) atoms. The summed E-state index contributed by atoms with van der Waals surface area (Å²) in [5.74, 6) is 0. The van der Waals surface area contributed by atoms with Crippen molar-refractivity contribution >= 4 is 11.6 Å². The van der Waals surface area contributed by atoms with Crippen LogP contribution >= 0.6 is 11.6 Å². The maximum Gasteiger partial charge on any atom is 0.416 e. The Morgan fingerprint density at radius 3 is 2.47 bits per heavy atom. The topological polar surface area (TPSA) is 20.2 Å². The van der Waals surface area contributed by atoms with Crippen molar-refractivity contribution in [1.29, 1.82) is 0 Å². The van der Waals surface area contributed by atoms with Crippen molar-refractivity contribution in [3.05, 3.63) is 34.3 Å². The normalized spacial score (nSPS) is 14.0. The smallest absolute Gasteiger partial charge is 0.393 e. The fourth-order valence-corrected chi connectivity index (χ4v) is 1.48. The summed E-state index contributed by atoms with van der Waals surface area (Å²) in [6.07, 6.45) is -5.28. The van der Waals surface area contributed by atoms with Crippen molar-refractivity contribution < 1.29 is 18.3 Å². The van der Waals surface area contributed by atoms with Crippen LogP contribution in [0.1, 0.15) is 18.1 Å². The molecule has 0 aliphatic carbocycles. The standard InChI is InChI=1S/C10H10ClF3O/c1-6(15)4-7-2-3-8(11)5-9(7)10(12,13)14/h2-3,5-6,15H,4H2,1H3. The van der Waals surface area contributed by atoms with Gasteiger partial charge >= 0.3 is 6.18 Å². The minimum absolute atomic E-state index is 0.0357.